The van der Waals surface area contributed by atoms with E-state index in [2.05, 4.69) is 26.9 Å². The smallest absolute Gasteiger partial charge is 0.254 e. The average molecular weight is 413 g/mol. The Labute approximate surface area is 177 Å². The van der Waals surface area contributed by atoms with Gasteiger partial charge in [-0.25, -0.2) is 4.98 Å². The molecule has 6 heteroatoms. The zero-order valence-corrected chi connectivity index (χ0v) is 17.7. The quantitative estimate of drug-likeness (QED) is 0.816. The van der Waals surface area contributed by atoms with Gasteiger partial charge in [-0.15, -0.1) is 0 Å². The van der Waals surface area contributed by atoms with E-state index in [1.165, 1.54) is 24.9 Å². The summed E-state index contributed by atoms with van der Waals surface area (Å²) in [6.07, 6.45) is 7.58. The van der Waals surface area contributed by atoms with Crippen molar-refractivity contribution in [1.82, 2.24) is 14.9 Å². The van der Waals surface area contributed by atoms with Crippen molar-refractivity contribution in [1.29, 1.82) is 0 Å². The molecule has 154 valence electrons. The van der Waals surface area contributed by atoms with E-state index >= 15 is 0 Å². The molecule has 0 amide bonds. The monoisotopic (exact) mass is 412 g/mol. The number of halogens is 1. The van der Waals surface area contributed by atoms with E-state index in [0.717, 1.165) is 80.5 Å². The minimum absolute atomic E-state index is 0.118. The van der Waals surface area contributed by atoms with Crippen LogP contribution in [0.4, 0.5) is 5.69 Å². The minimum Gasteiger partial charge on any atom is -0.369 e. The van der Waals surface area contributed by atoms with Crippen LogP contribution in [0.25, 0.3) is 0 Å². The Bertz CT molecular complexity index is 927. The number of hydrogen-bond donors (Lipinski definition) is 1. The van der Waals surface area contributed by atoms with Gasteiger partial charge in [-0.3, -0.25) is 9.69 Å². The third kappa shape index (κ3) is 3.95. The number of fused-ring (bicyclic) bond motifs is 2. The second-order valence-corrected chi connectivity index (χ2v) is 9.32. The van der Waals surface area contributed by atoms with Crippen molar-refractivity contribution in [3.63, 3.8) is 0 Å². The van der Waals surface area contributed by atoms with Gasteiger partial charge in [0.15, 0.2) is 0 Å². The first-order chi connectivity index (χ1) is 14.1. The van der Waals surface area contributed by atoms with Crippen molar-refractivity contribution in [3.8, 4) is 0 Å². The number of benzene rings is 1. The number of anilines is 1. The number of nitrogens with zero attached hydrogens (tertiary/aromatic N) is 3. The van der Waals surface area contributed by atoms with Gasteiger partial charge in [0.1, 0.15) is 5.82 Å². The molecule has 0 radical (unpaired) electrons. The third-order valence-electron chi connectivity index (χ3n) is 6.95. The molecule has 1 aromatic carbocycles. The first-order valence-electron chi connectivity index (χ1n) is 11.0. The zero-order valence-electron chi connectivity index (χ0n) is 16.9. The maximum Gasteiger partial charge on any atom is 0.254 e. The number of aryl methyl sites for hydroxylation is 1. The molecule has 1 saturated heterocycles. The zero-order chi connectivity index (χ0) is 19.8. The van der Waals surface area contributed by atoms with Crippen LogP contribution in [0.2, 0.25) is 5.02 Å². The van der Waals surface area contributed by atoms with E-state index in [1.54, 1.807) is 0 Å². The summed E-state index contributed by atoms with van der Waals surface area (Å²) in [5, 5.41) is 0.786. The van der Waals surface area contributed by atoms with E-state index in [1.807, 2.05) is 12.1 Å². The highest BCUT2D eigenvalue weighted by Gasteiger charge is 2.48. The van der Waals surface area contributed by atoms with Crippen molar-refractivity contribution in [3.05, 3.63) is 56.7 Å². The van der Waals surface area contributed by atoms with Crippen LogP contribution in [-0.2, 0) is 18.3 Å². The summed E-state index contributed by atoms with van der Waals surface area (Å²) in [7, 11) is 0. The number of rotatable bonds is 5. The van der Waals surface area contributed by atoms with E-state index in [-0.39, 0.29) is 11.0 Å². The average Bonchev–Trinajstić information content (AvgIpc) is 3.50. The lowest BCUT2D eigenvalue weighted by molar-refractivity contribution is 0.254. The molecule has 1 saturated carbocycles. The summed E-state index contributed by atoms with van der Waals surface area (Å²) < 4.78 is 0. The first-order valence-corrected chi connectivity index (χ1v) is 11.4. The number of aromatic nitrogens is 2. The highest BCUT2D eigenvalue weighted by Crippen LogP contribution is 2.53. The van der Waals surface area contributed by atoms with Crippen molar-refractivity contribution in [2.45, 2.75) is 50.4 Å². The van der Waals surface area contributed by atoms with Gasteiger partial charge in [-0.1, -0.05) is 11.6 Å². The van der Waals surface area contributed by atoms with Crippen LogP contribution < -0.4 is 10.5 Å². The lowest BCUT2D eigenvalue weighted by Gasteiger charge is -2.36. The fourth-order valence-corrected chi connectivity index (χ4v) is 5.17. The maximum absolute atomic E-state index is 12.5. The molecule has 2 heterocycles. The molecule has 2 aliphatic carbocycles. The van der Waals surface area contributed by atoms with Crippen molar-refractivity contribution < 1.29 is 0 Å². The number of hydrogen-bond acceptors (Lipinski definition) is 4. The molecular weight excluding hydrogens is 384 g/mol. The Balaban J connectivity index is 1.14. The van der Waals surface area contributed by atoms with Crippen molar-refractivity contribution >= 4 is 17.3 Å². The molecule has 0 bridgehead atoms. The highest BCUT2D eigenvalue weighted by molar-refractivity contribution is 6.30. The number of aromatic amines is 1. The largest absolute Gasteiger partial charge is 0.369 e. The van der Waals surface area contributed by atoms with E-state index in [4.69, 9.17) is 16.6 Å². The number of nitrogens with one attached hydrogen (secondary N) is 1. The normalized spacial score (nSPS) is 20.7. The number of piperazine rings is 1. The lowest BCUT2D eigenvalue weighted by Crippen LogP contribution is -2.46. The van der Waals surface area contributed by atoms with Crippen LogP contribution in [0.3, 0.4) is 0 Å². The standard InChI is InChI=1S/C23H29ClN4O/c24-17-5-7-18(8-6-17)28-15-13-27(14-16-28)12-2-4-20-25-21-19(22(29)26-20)3-1-9-23(21)10-11-23/h5-8H,1-4,9-16H2,(H,25,26,29). The van der Waals surface area contributed by atoms with Gasteiger partial charge in [-0.05, 0) is 69.3 Å². The third-order valence-corrected chi connectivity index (χ3v) is 7.21. The molecule has 3 aliphatic rings. The minimum atomic E-state index is 0.118. The molecule has 1 aliphatic heterocycles. The van der Waals surface area contributed by atoms with Crippen LogP contribution in [0.15, 0.2) is 29.1 Å². The summed E-state index contributed by atoms with van der Waals surface area (Å²) >= 11 is 6.00. The van der Waals surface area contributed by atoms with Gasteiger partial charge in [0.05, 0.1) is 5.69 Å². The Morgan fingerprint density at radius 2 is 1.83 bits per heavy atom. The predicted octanol–water partition coefficient (Wildman–Crippen LogP) is 3.55. The topological polar surface area (TPSA) is 52.2 Å². The fourth-order valence-electron chi connectivity index (χ4n) is 5.04. The van der Waals surface area contributed by atoms with Gasteiger partial charge in [-0.2, -0.15) is 0 Å². The van der Waals surface area contributed by atoms with Crippen LogP contribution in [-0.4, -0.2) is 47.6 Å². The van der Waals surface area contributed by atoms with Gasteiger partial charge < -0.3 is 9.88 Å². The Hall–Kier alpha value is -1.85. The number of H-pyrrole nitrogens is 1. The summed E-state index contributed by atoms with van der Waals surface area (Å²) in [5.74, 6) is 0.890. The summed E-state index contributed by atoms with van der Waals surface area (Å²) in [5.41, 5.74) is 3.73. The molecule has 2 fully saturated rings. The highest BCUT2D eigenvalue weighted by atomic mass is 35.5. The molecule has 5 rings (SSSR count). The summed E-state index contributed by atoms with van der Waals surface area (Å²) in [4.78, 5) is 25.5. The maximum atomic E-state index is 12.5. The molecule has 0 unspecified atom stereocenters. The molecule has 5 nitrogen and oxygen atoms in total. The second-order valence-electron chi connectivity index (χ2n) is 8.88. The molecule has 1 N–H and O–H groups in total. The Kier molecular flexibility index (Phi) is 5.12. The SMILES string of the molecule is O=c1[nH]c(CCCN2CCN(c3ccc(Cl)cc3)CC2)nc2c1CCCC21CC1. The molecule has 29 heavy (non-hydrogen) atoms. The molecular formula is C23H29ClN4O. The van der Waals surface area contributed by atoms with E-state index in [0.29, 0.717) is 0 Å². The van der Waals surface area contributed by atoms with Gasteiger partial charge in [0, 0.05) is 54.3 Å². The lowest BCUT2D eigenvalue weighted by atomic mass is 9.84. The van der Waals surface area contributed by atoms with E-state index in [9.17, 15) is 4.79 Å². The fraction of sp³-hybridized carbons (Fsp3) is 0.565. The Morgan fingerprint density at radius 3 is 2.55 bits per heavy atom. The second kappa shape index (κ2) is 7.77. The summed E-state index contributed by atoms with van der Waals surface area (Å²) in [6, 6.07) is 8.12. The van der Waals surface area contributed by atoms with Crippen molar-refractivity contribution in [2.75, 3.05) is 37.6 Å². The van der Waals surface area contributed by atoms with Crippen molar-refractivity contribution in [2.24, 2.45) is 0 Å². The van der Waals surface area contributed by atoms with E-state index < -0.39 is 0 Å². The summed E-state index contributed by atoms with van der Waals surface area (Å²) in [6.45, 7) is 5.27. The first kappa shape index (κ1) is 19.1. The van der Waals surface area contributed by atoms with Gasteiger partial charge in [0.2, 0.25) is 0 Å². The molecule has 1 spiro atoms. The van der Waals surface area contributed by atoms with Crippen LogP contribution in [0.5, 0.6) is 0 Å². The van der Waals surface area contributed by atoms with Gasteiger partial charge >= 0.3 is 0 Å². The van der Waals surface area contributed by atoms with Crippen LogP contribution >= 0.6 is 11.6 Å². The molecule has 1 aromatic heterocycles. The molecule has 2 aromatic rings. The molecule has 0 atom stereocenters. The predicted molar refractivity (Wildman–Crippen MR) is 117 cm³/mol. The van der Waals surface area contributed by atoms with Crippen LogP contribution in [0.1, 0.15) is 49.2 Å². The Morgan fingerprint density at radius 1 is 1.07 bits per heavy atom. The van der Waals surface area contributed by atoms with Gasteiger partial charge in [0.25, 0.3) is 5.56 Å². The van der Waals surface area contributed by atoms with Crippen LogP contribution in [0, 0.1) is 0 Å².